The molecule has 19 heavy (non-hydrogen) atoms. The van der Waals surface area contributed by atoms with E-state index < -0.39 is 36.4 Å². The number of likely N-dealkylation sites (N-methyl/N-ethyl adjacent to an activating group) is 1. The van der Waals surface area contributed by atoms with Crippen molar-refractivity contribution in [3.05, 3.63) is 0 Å². The number of hydrogen-bond acceptors (Lipinski definition) is 5. The van der Waals surface area contributed by atoms with Gasteiger partial charge in [0.1, 0.15) is 19.1 Å². The van der Waals surface area contributed by atoms with E-state index in [4.69, 9.17) is 14.9 Å². The summed E-state index contributed by atoms with van der Waals surface area (Å²) >= 11 is 0. The molecule has 8 nitrogen and oxygen atoms in total. The Kier molecular flexibility index (Phi) is 6.43. The van der Waals surface area contributed by atoms with Crippen molar-refractivity contribution in [3.8, 4) is 0 Å². The third-order valence-electron chi connectivity index (χ3n) is 2.34. The zero-order chi connectivity index (χ0) is 15.2. The van der Waals surface area contributed by atoms with E-state index in [-0.39, 0.29) is 6.61 Å². The first-order chi connectivity index (χ1) is 8.54. The lowest BCUT2D eigenvalue weighted by molar-refractivity contribution is -0.870. The van der Waals surface area contributed by atoms with Crippen molar-refractivity contribution in [3.63, 3.8) is 0 Å². The van der Waals surface area contributed by atoms with E-state index in [0.29, 0.717) is 11.0 Å². The Hall–Kier alpha value is -1.67. The maximum Gasteiger partial charge on any atom is 0.336 e. The monoisotopic (exact) mass is 278 g/mol. The lowest BCUT2D eigenvalue weighted by Crippen LogP contribution is -2.41. The minimum absolute atomic E-state index is 0.0127. The van der Waals surface area contributed by atoms with E-state index in [1.807, 2.05) is 21.1 Å². The Labute approximate surface area is 110 Å². The molecule has 0 saturated carbocycles. The Bertz CT molecular complexity index is 347. The molecule has 0 aliphatic rings. The molecule has 0 aromatic heterocycles. The van der Waals surface area contributed by atoms with Crippen LogP contribution in [0.3, 0.4) is 0 Å². The minimum atomic E-state index is -1.99. The molecule has 0 saturated heterocycles. The largest absolute Gasteiger partial charge is 0.481 e. The molecule has 3 N–H and O–H groups in total. The molecule has 2 unspecified atom stereocenters. The number of carbonyl (C=O) groups is 3. The molecule has 0 amide bonds. The van der Waals surface area contributed by atoms with Crippen LogP contribution in [0.25, 0.3) is 0 Å². The van der Waals surface area contributed by atoms with Gasteiger partial charge in [0.15, 0.2) is 6.10 Å². The third kappa shape index (κ3) is 7.37. The van der Waals surface area contributed by atoms with E-state index in [2.05, 4.69) is 0 Å². The number of ether oxygens (including phenoxy) is 1. The maximum atomic E-state index is 11.4. The zero-order valence-corrected chi connectivity index (χ0v) is 11.2. The number of carboxylic acids is 2. The smallest absolute Gasteiger partial charge is 0.336 e. The predicted molar refractivity (Wildman–Crippen MR) is 63.2 cm³/mol. The van der Waals surface area contributed by atoms with Gasteiger partial charge in [0.2, 0.25) is 0 Å². The van der Waals surface area contributed by atoms with Crippen LogP contribution in [0.15, 0.2) is 0 Å². The Morgan fingerprint density at radius 3 is 2.05 bits per heavy atom. The first-order valence-electron chi connectivity index (χ1n) is 5.64. The standard InChI is InChI=1S/C11H19NO7/c1-12(2,3)4-5-19-11(18)9(15)7(10(16)17)6-8(13)14/h7,9,15H,4-6H2,1-3H3,(H-,13,14,16,17)/p+1. The number of esters is 1. The molecular formula is C11H20NO7+. The fourth-order valence-electron chi connectivity index (χ4n) is 1.19. The van der Waals surface area contributed by atoms with E-state index in [1.165, 1.54) is 0 Å². The molecule has 0 rings (SSSR count). The van der Waals surface area contributed by atoms with Crippen LogP contribution in [0.4, 0.5) is 0 Å². The first kappa shape index (κ1) is 17.3. The number of quaternary nitrogens is 1. The molecule has 0 aliphatic heterocycles. The van der Waals surface area contributed by atoms with Gasteiger partial charge < -0.3 is 24.5 Å². The average molecular weight is 278 g/mol. The van der Waals surface area contributed by atoms with Gasteiger partial charge >= 0.3 is 17.9 Å². The Morgan fingerprint density at radius 1 is 1.16 bits per heavy atom. The van der Waals surface area contributed by atoms with Gasteiger partial charge in [0.25, 0.3) is 0 Å². The molecular weight excluding hydrogens is 258 g/mol. The fraction of sp³-hybridized carbons (Fsp3) is 0.727. The van der Waals surface area contributed by atoms with Crippen LogP contribution in [0.1, 0.15) is 6.42 Å². The summed E-state index contributed by atoms with van der Waals surface area (Å²) in [6.45, 7) is 0.494. The number of rotatable bonds is 8. The topological polar surface area (TPSA) is 121 Å². The predicted octanol–water partition coefficient (Wildman–Crippen LogP) is -1.23. The van der Waals surface area contributed by atoms with Gasteiger partial charge in [0, 0.05) is 0 Å². The minimum Gasteiger partial charge on any atom is -0.481 e. The van der Waals surface area contributed by atoms with Crippen LogP contribution in [0.5, 0.6) is 0 Å². The lowest BCUT2D eigenvalue weighted by atomic mass is 9.99. The average Bonchev–Trinajstić information content (AvgIpc) is 2.22. The van der Waals surface area contributed by atoms with E-state index in [9.17, 15) is 19.5 Å². The normalized spacial score (nSPS) is 14.5. The summed E-state index contributed by atoms with van der Waals surface area (Å²) in [5, 5.41) is 26.8. The van der Waals surface area contributed by atoms with Crippen LogP contribution in [0.2, 0.25) is 0 Å². The number of aliphatic carboxylic acids is 2. The summed E-state index contributed by atoms with van der Waals surface area (Å²) in [5.41, 5.74) is 0. The summed E-state index contributed by atoms with van der Waals surface area (Å²) in [6.07, 6.45) is -2.83. The highest BCUT2D eigenvalue weighted by Crippen LogP contribution is 2.11. The molecule has 0 radical (unpaired) electrons. The first-order valence-corrected chi connectivity index (χ1v) is 5.64. The summed E-state index contributed by atoms with van der Waals surface area (Å²) in [4.78, 5) is 32.7. The molecule has 110 valence electrons. The summed E-state index contributed by atoms with van der Waals surface area (Å²) in [5.74, 6) is -5.81. The Morgan fingerprint density at radius 2 is 1.68 bits per heavy atom. The molecule has 0 spiro atoms. The van der Waals surface area contributed by atoms with Gasteiger partial charge in [-0.1, -0.05) is 0 Å². The molecule has 2 atom stereocenters. The van der Waals surface area contributed by atoms with Crippen molar-refractivity contribution in [1.82, 2.24) is 0 Å². The summed E-state index contributed by atoms with van der Waals surface area (Å²) in [7, 11) is 5.61. The summed E-state index contributed by atoms with van der Waals surface area (Å²) in [6, 6.07) is 0. The fourth-order valence-corrected chi connectivity index (χ4v) is 1.19. The van der Waals surface area contributed by atoms with Crippen LogP contribution >= 0.6 is 0 Å². The lowest BCUT2D eigenvalue weighted by Gasteiger charge is -2.24. The number of aliphatic hydroxyl groups is 1. The molecule has 8 heteroatoms. The van der Waals surface area contributed by atoms with Gasteiger partial charge in [-0.05, 0) is 0 Å². The van der Waals surface area contributed by atoms with Gasteiger partial charge in [-0.25, -0.2) is 4.79 Å². The van der Waals surface area contributed by atoms with Crippen molar-refractivity contribution >= 4 is 17.9 Å². The van der Waals surface area contributed by atoms with Crippen LogP contribution in [0, 0.1) is 5.92 Å². The zero-order valence-electron chi connectivity index (χ0n) is 11.2. The molecule has 0 heterocycles. The molecule has 0 aromatic carbocycles. The van der Waals surface area contributed by atoms with Crippen LogP contribution in [-0.2, 0) is 19.1 Å². The van der Waals surface area contributed by atoms with E-state index >= 15 is 0 Å². The number of carboxylic acid groups (broad SMARTS) is 2. The van der Waals surface area contributed by atoms with Gasteiger partial charge in [-0.15, -0.1) is 0 Å². The molecule has 0 fully saturated rings. The Balaban J connectivity index is 4.43. The third-order valence-corrected chi connectivity index (χ3v) is 2.34. The van der Waals surface area contributed by atoms with Crippen LogP contribution < -0.4 is 0 Å². The van der Waals surface area contributed by atoms with E-state index in [1.54, 1.807) is 0 Å². The highest BCUT2D eigenvalue weighted by atomic mass is 16.5. The van der Waals surface area contributed by atoms with Crippen molar-refractivity contribution in [1.29, 1.82) is 0 Å². The second-order valence-corrected chi connectivity index (χ2v) is 5.17. The van der Waals surface area contributed by atoms with Crippen molar-refractivity contribution in [2.45, 2.75) is 12.5 Å². The van der Waals surface area contributed by atoms with Crippen molar-refractivity contribution < 1.29 is 38.9 Å². The van der Waals surface area contributed by atoms with E-state index in [0.717, 1.165) is 0 Å². The van der Waals surface area contributed by atoms with Gasteiger partial charge in [0.05, 0.1) is 27.6 Å². The number of aliphatic hydroxyl groups excluding tert-OH is 1. The highest BCUT2D eigenvalue weighted by molar-refractivity contribution is 5.85. The summed E-state index contributed by atoms with van der Waals surface area (Å²) < 4.78 is 5.26. The molecule has 0 aromatic rings. The van der Waals surface area contributed by atoms with Crippen molar-refractivity contribution in [2.75, 3.05) is 34.3 Å². The second-order valence-electron chi connectivity index (χ2n) is 5.17. The van der Waals surface area contributed by atoms with Crippen molar-refractivity contribution in [2.24, 2.45) is 5.92 Å². The highest BCUT2D eigenvalue weighted by Gasteiger charge is 2.35. The number of hydrogen-bond donors (Lipinski definition) is 3. The van der Waals surface area contributed by atoms with Crippen LogP contribution in [-0.4, -0.2) is 78.1 Å². The maximum absolute atomic E-state index is 11.4. The molecule has 0 aliphatic carbocycles. The number of nitrogens with zero attached hydrogens (tertiary/aromatic N) is 1. The SMILES string of the molecule is C[N+](C)(C)CCOC(=O)C(O)C(CC(=O)O)C(=O)O. The van der Waals surface area contributed by atoms with Gasteiger partial charge in [-0.3, -0.25) is 9.59 Å². The quantitative estimate of drug-likeness (QED) is 0.375. The number of carbonyl (C=O) groups excluding carboxylic acids is 1. The molecule has 0 bridgehead atoms. The second kappa shape index (κ2) is 7.05. The van der Waals surface area contributed by atoms with Gasteiger partial charge in [-0.2, -0.15) is 0 Å².